The van der Waals surface area contributed by atoms with E-state index in [1.807, 2.05) is 20.8 Å². The third-order valence-corrected chi connectivity index (χ3v) is 2.66. The maximum Gasteiger partial charge on any atom is 0.227 e. The van der Waals surface area contributed by atoms with Gasteiger partial charge in [-0.1, -0.05) is 0 Å². The van der Waals surface area contributed by atoms with Gasteiger partial charge in [0.2, 0.25) is 5.88 Å². The molecule has 2 aromatic rings. The first-order chi connectivity index (χ1) is 8.79. The van der Waals surface area contributed by atoms with Crippen molar-refractivity contribution in [1.82, 2.24) is 15.0 Å². The van der Waals surface area contributed by atoms with E-state index in [-0.39, 0.29) is 5.78 Å². The molecular formula is C13H16ClN3O2. The molecule has 19 heavy (non-hydrogen) atoms. The van der Waals surface area contributed by atoms with Gasteiger partial charge in [0.05, 0.1) is 16.3 Å². The molecule has 0 spiro atoms. The van der Waals surface area contributed by atoms with Crippen LogP contribution in [0.25, 0.3) is 11.0 Å². The molecule has 0 radical (unpaired) electrons. The van der Waals surface area contributed by atoms with Crippen molar-refractivity contribution in [2.75, 3.05) is 0 Å². The van der Waals surface area contributed by atoms with Crippen LogP contribution >= 0.6 is 11.6 Å². The van der Waals surface area contributed by atoms with Crippen LogP contribution in [-0.4, -0.2) is 31.7 Å². The number of rotatable bonds is 3. The van der Waals surface area contributed by atoms with E-state index >= 15 is 0 Å². The number of ether oxygens (including phenoxy) is 1. The van der Waals surface area contributed by atoms with Crippen molar-refractivity contribution in [3.8, 4) is 5.88 Å². The maximum absolute atomic E-state index is 12.1. The van der Waals surface area contributed by atoms with Crippen molar-refractivity contribution in [2.45, 2.75) is 38.7 Å². The molecule has 0 amide bonds. The van der Waals surface area contributed by atoms with Gasteiger partial charge in [-0.2, -0.15) is 0 Å². The Morgan fingerprint density at radius 1 is 1.42 bits per heavy atom. The summed E-state index contributed by atoms with van der Waals surface area (Å²) in [6.07, 6.45) is 2.99. The van der Waals surface area contributed by atoms with Gasteiger partial charge < -0.3 is 9.72 Å². The second-order valence-corrected chi connectivity index (χ2v) is 5.95. The summed E-state index contributed by atoms with van der Waals surface area (Å²) >= 11 is 5.86. The third-order valence-electron chi connectivity index (χ3n) is 2.46. The molecule has 5 nitrogen and oxygen atoms in total. The van der Waals surface area contributed by atoms with E-state index < -0.39 is 11.0 Å². The quantitative estimate of drug-likeness (QED) is 0.694. The average Bonchev–Trinajstić information content (AvgIpc) is 2.70. The highest BCUT2D eigenvalue weighted by atomic mass is 35.5. The van der Waals surface area contributed by atoms with E-state index in [9.17, 15) is 4.79 Å². The topological polar surface area (TPSA) is 67.9 Å². The molecule has 0 fully saturated rings. The first-order valence-electron chi connectivity index (χ1n) is 5.99. The molecular weight excluding hydrogens is 266 g/mol. The first-order valence-corrected chi connectivity index (χ1v) is 6.42. The molecule has 2 aromatic heterocycles. The van der Waals surface area contributed by atoms with Gasteiger partial charge in [-0.15, -0.1) is 11.6 Å². The van der Waals surface area contributed by atoms with Crippen LogP contribution in [0, 0.1) is 0 Å². The number of H-pyrrole nitrogens is 1. The summed E-state index contributed by atoms with van der Waals surface area (Å²) in [4.78, 5) is 23.2. The SMILES string of the molecule is CC(Cl)C(=O)c1c[nH]c2ncnc(OC(C)(C)C)c12. The summed E-state index contributed by atoms with van der Waals surface area (Å²) < 4.78 is 5.78. The van der Waals surface area contributed by atoms with Crippen molar-refractivity contribution in [1.29, 1.82) is 0 Å². The number of aromatic nitrogens is 3. The second-order valence-electron chi connectivity index (χ2n) is 5.30. The van der Waals surface area contributed by atoms with E-state index in [1.54, 1.807) is 13.1 Å². The highest BCUT2D eigenvalue weighted by Gasteiger charge is 2.23. The van der Waals surface area contributed by atoms with Crippen molar-refractivity contribution in [3.63, 3.8) is 0 Å². The van der Waals surface area contributed by atoms with Crippen molar-refractivity contribution >= 4 is 28.4 Å². The maximum atomic E-state index is 12.1. The first kappa shape index (κ1) is 13.8. The fourth-order valence-electron chi connectivity index (χ4n) is 1.71. The van der Waals surface area contributed by atoms with Gasteiger partial charge >= 0.3 is 0 Å². The molecule has 1 N–H and O–H groups in total. The van der Waals surface area contributed by atoms with Gasteiger partial charge in [0.1, 0.15) is 17.6 Å². The Morgan fingerprint density at radius 2 is 2.11 bits per heavy atom. The predicted octanol–water partition coefficient (Wildman–Crippen LogP) is 2.95. The summed E-state index contributed by atoms with van der Waals surface area (Å²) in [5.74, 6) is 0.209. The summed E-state index contributed by atoms with van der Waals surface area (Å²) in [6, 6.07) is 0. The normalized spacial score (nSPS) is 13.5. The number of halogens is 1. The Kier molecular flexibility index (Phi) is 3.49. The van der Waals surface area contributed by atoms with E-state index in [1.165, 1.54) is 6.33 Å². The largest absolute Gasteiger partial charge is 0.471 e. The molecule has 102 valence electrons. The monoisotopic (exact) mass is 281 g/mol. The Hall–Kier alpha value is -1.62. The summed E-state index contributed by atoms with van der Waals surface area (Å²) in [5.41, 5.74) is 0.609. The number of carbonyl (C=O) groups is 1. The van der Waals surface area contributed by atoms with Gasteiger partial charge in [-0.25, -0.2) is 9.97 Å². The predicted molar refractivity (Wildman–Crippen MR) is 73.9 cm³/mol. The third kappa shape index (κ3) is 2.87. The number of fused-ring (bicyclic) bond motifs is 1. The van der Waals surface area contributed by atoms with Gasteiger partial charge in [-0.05, 0) is 27.7 Å². The minimum absolute atomic E-state index is 0.179. The fourth-order valence-corrected chi connectivity index (χ4v) is 1.83. The van der Waals surface area contributed by atoms with Gasteiger partial charge in [-0.3, -0.25) is 4.79 Å². The molecule has 0 aromatic carbocycles. The lowest BCUT2D eigenvalue weighted by molar-refractivity contribution is 0.0991. The molecule has 0 aliphatic rings. The van der Waals surface area contributed by atoms with Gasteiger partial charge in [0.25, 0.3) is 0 Å². The van der Waals surface area contributed by atoms with E-state index in [0.717, 1.165) is 0 Å². The Bertz CT molecular complexity index is 614. The Balaban J connectivity index is 2.59. The molecule has 0 bridgehead atoms. The molecule has 0 saturated carbocycles. The van der Waals surface area contributed by atoms with Gasteiger partial charge in [0, 0.05) is 6.20 Å². The molecule has 0 saturated heterocycles. The van der Waals surface area contributed by atoms with Gasteiger partial charge in [0.15, 0.2) is 5.78 Å². The molecule has 1 unspecified atom stereocenters. The Morgan fingerprint density at radius 3 is 2.68 bits per heavy atom. The lowest BCUT2D eigenvalue weighted by atomic mass is 10.1. The number of hydrogen-bond acceptors (Lipinski definition) is 4. The number of ketones is 1. The van der Waals surface area contributed by atoms with E-state index in [2.05, 4.69) is 15.0 Å². The molecule has 1 atom stereocenters. The zero-order chi connectivity index (χ0) is 14.2. The fraction of sp³-hybridized carbons (Fsp3) is 0.462. The lowest BCUT2D eigenvalue weighted by Gasteiger charge is -2.20. The molecule has 2 rings (SSSR count). The van der Waals surface area contributed by atoms with Crippen LogP contribution < -0.4 is 4.74 Å². The average molecular weight is 282 g/mol. The van der Waals surface area contributed by atoms with E-state index in [4.69, 9.17) is 16.3 Å². The van der Waals surface area contributed by atoms with Crippen LogP contribution in [-0.2, 0) is 0 Å². The summed E-state index contributed by atoms with van der Waals surface area (Å²) in [5, 5.41) is -0.0309. The highest BCUT2D eigenvalue weighted by molar-refractivity contribution is 6.35. The number of nitrogens with one attached hydrogen (secondary N) is 1. The minimum atomic E-state index is -0.610. The highest BCUT2D eigenvalue weighted by Crippen LogP contribution is 2.29. The number of alkyl halides is 1. The molecule has 6 heteroatoms. The smallest absolute Gasteiger partial charge is 0.227 e. The van der Waals surface area contributed by atoms with Crippen LogP contribution in [0.4, 0.5) is 0 Å². The number of nitrogens with zero attached hydrogens (tertiary/aromatic N) is 2. The van der Waals surface area contributed by atoms with Crippen LogP contribution in [0.2, 0.25) is 0 Å². The number of aromatic amines is 1. The van der Waals surface area contributed by atoms with Crippen molar-refractivity contribution in [2.24, 2.45) is 0 Å². The molecule has 2 heterocycles. The summed E-state index contributed by atoms with van der Waals surface area (Å²) in [6.45, 7) is 7.38. The standard InChI is InChI=1S/C13H16ClN3O2/c1-7(14)10(18)8-5-15-11-9(8)12(17-6-16-11)19-13(2,3)4/h5-7H,1-4H3,(H,15,16,17). The minimum Gasteiger partial charge on any atom is -0.471 e. The Labute approximate surface area is 116 Å². The van der Waals surface area contributed by atoms with Crippen LogP contribution in [0.5, 0.6) is 5.88 Å². The number of Topliss-reactive ketones (excluding diaryl/α,β-unsaturated/α-hetero) is 1. The zero-order valence-corrected chi connectivity index (χ0v) is 12.1. The summed E-state index contributed by atoms with van der Waals surface area (Å²) in [7, 11) is 0. The van der Waals surface area contributed by atoms with Crippen molar-refractivity contribution < 1.29 is 9.53 Å². The number of hydrogen-bond donors (Lipinski definition) is 1. The van der Waals surface area contributed by atoms with Crippen molar-refractivity contribution in [3.05, 3.63) is 18.1 Å². The van der Waals surface area contributed by atoms with E-state index in [0.29, 0.717) is 22.5 Å². The van der Waals surface area contributed by atoms with Crippen LogP contribution in [0.3, 0.4) is 0 Å². The molecule has 0 aliphatic carbocycles. The zero-order valence-electron chi connectivity index (χ0n) is 11.3. The number of carbonyl (C=O) groups excluding carboxylic acids is 1. The van der Waals surface area contributed by atoms with Crippen LogP contribution in [0.15, 0.2) is 12.5 Å². The van der Waals surface area contributed by atoms with Crippen LogP contribution in [0.1, 0.15) is 38.1 Å². The molecule has 0 aliphatic heterocycles. The lowest BCUT2D eigenvalue weighted by Crippen LogP contribution is -2.24. The second kappa shape index (κ2) is 4.81.